The number of nitrogens with zero attached hydrogens (tertiary/aromatic N) is 2. The Bertz CT molecular complexity index is 972. The van der Waals surface area contributed by atoms with Crippen molar-refractivity contribution < 1.29 is 9.53 Å². The molecule has 29 heavy (non-hydrogen) atoms. The maximum Gasteiger partial charge on any atom is 0.221 e. The van der Waals surface area contributed by atoms with Gasteiger partial charge in [0.15, 0.2) is 0 Å². The minimum atomic E-state index is -0.0900. The number of likely N-dealkylation sites (N-methyl/N-ethyl adjacent to an activating group) is 1. The smallest absolute Gasteiger partial charge is 0.221 e. The molecule has 2 aromatic carbocycles. The number of hydrogen-bond acceptors (Lipinski definition) is 4. The van der Waals surface area contributed by atoms with E-state index >= 15 is 0 Å². The van der Waals surface area contributed by atoms with Gasteiger partial charge in [0.1, 0.15) is 5.75 Å². The summed E-state index contributed by atoms with van der Waals surface area (Å²) < 4.78 is 5.67. The normalized spacial score (nSPS) is 15.1. The Morgan fingerprint density at radius 2 is 1.93 bits per heavy atom. The number of anilines is 2. The summed E-state index contributed by atoms with van der Waals surface area (Å²) in [6, 6.07) is 11.7. The quantitative estimate of drug-likeness (QED) is 0.692. The molecule has 5 nitrogen and oxygen atoms in total. The number of benzene rings is 2. The number of carbonyl (C=O) groups excluding carboxylic acids is 1. The highest BCUT2D eigenvalue weighted by atomic mass is 16.5. The van der Waals surface area contributed by atoms with E-state index in [4.69, 9.17) is 4.74 Å². The number of rotatable bonds is 5. The number of carbonyl (C=O) groups is 1. The molecule has 0 saturated heterocycles. The van der Waals surface area contributed by atoms with Gasteiger partial charge in [-0.2, -0.15) is 0 Å². The van der Waals surface area contributed by atoms with Gasteiger partial charge in [0.05, 0.1) is 18.3 Å². The first-order valence-electron chi connectivity index (χ1n) is 9.86. The predicted octanol–water partition coefficient (Wildman–Crippen LogP) is 5.43. The third-order valence-electron chi connectivity index (χ3n) is 5.19. The topological polar surface area (TPSA) is 53.9 Å². The van der Waals surface area contributed by atoms with Crippen molar-refractivity contribution in [1.82, 2.24) is 0 Å². The van der Waals surface area contributed by atoms with Crippen LogP contribution in [-0.2, 0) is 4.79 Å². The Labute approximate surface area is 173 Å². The molecule has 0 atom stereocenters. The second-order valence-corrected chi connectivity index (χ2v) is 7.82. The number of allylic oxidation sites excluding steroid dienone is 1. The molecule has 1 aliphatic heterocycles. The molecular weight excluding hydrogens is 362 g/mol. The van der Waals surface area contributed by atoms with Crippen molar-refractivity contribution in [2.45, 2.75) is 40.2 Å². The summed E-state index contributed by atoms with van der Waals surface area (Å²) in [5.74, 6) is 0.707. The average molecular weight is 392 g/mol. The van der Waals surface area contributed by atoms with Crippen LogP contribution in [-0.4, -0.2) is 31.3 Å². The van der Waals surface area contributed by atoms with E-state index < -0.39 is 0 Å². The first kappa shape index (κ1) is 20.6. The minimum absolute atomic E-state index is 0.0396. The van der Waals surface area contributed by atoms with Gasteiger partial charge in [-0.25, -0.2) is 0 Å². The Balaban J connectivity index is 1.96. The second-order valence-electron chi connectivity index (χ2n) is 7.82. The van der Waals surface area contributed by atoms with Crippen LogP contribution in [0.5, 0.6) is 5.75 Å². The summed E-state index contributed by atoms with van der Waals surface area (Å²) in [4.78, 5) is 18.1. The van der Waals surface area contributed by atoms with Crippen LogP contribution < -0.4 is 15.0 Å². The van der Waals surface area contributed by atoms with Crippen LogP contribution in [0, 0.1) is 0 Å². The van der Waals surface area contributed by atoms with Gasteiger partial charge in [0, 0.05) is 48.3 Å². The van der Waals surface area contributed by atoms with Gasteiger partial charge in [-0.15, -0.1) is 0 Å². The molecule has 0 fully saturated rings. The standard InChI is InChI=1S/C24H29N3O2/c1-7-27-22-13-23(29-6)18(12-21(22)16(2)14-24(27,4)5)15-25-19-8-10-20(11-9-19)26-17(3)28/h8-15H,7H2,1-6H3,(H,26,28). The van der Waals surface area contributed by atoms with Gasteiger partial charge in [0.2, 0.25) is 5.91 Å². The van der Waals surface area contributed by atoms with Crippen molar-refractivity contribution >= 4 is 34.8 Å². The van der Waals surface area contributed by atoms with E-state index in [1.54, 1.807) is 7.11 Å². The zero-order valence-corrected chi connectivity index (χ0v) is 18.0. The summed E-state index contributed by atoms with van der Waals surface area (Å²) in [7, 11) is 1.69. The van der Waals surface area contributed by atoms with Crippen LogP contribution in [0.15, 0.2) is 47.5 Å². The van der Waals surface area contributed by atoms with Crippen LogP contribution >= 0.6 is 0 Å². The van der Waals surface area contributed by atoms with E-state index in [1.165, 1.54) is 23.7 Å². The molecular formula is C24H29N3O2. The van der Waals surface area contributed by atoms with Crippen LogP contribution in [0.2, 0.25) is 0 Å². The molecule has 1 amide bonds. The van der Waals surface area contributed by atoms with Gasteiger partial charge in [-0.05, 0) is 63.6 Å². The van der Waals surface area contributed by atoms with Crippen molar-refractivity contribution in [2.75, 3.05) is 23.9 Å². The number of ether oxygens (including phenoxy) is 1. The summed E-state index contributed by atoms with van der Waals surface area (Å²) in [6.07, 6.45) is 4.14. The van der Waals surface area contributed by atoms with Gasteiger partial charge in [0.25, 0.3) is 0 Å². The van der Waals surface area contributed by atoms with E-state index in [-0.39, 0.29) is 11.4 Å². The molecule has 1 heterocycles. The molecule has 1 N–H and O–H groups in total. The number of amides is 1. The molecule has 152 valence electrons. The fourth-order valence-corrected chi connectivity index (χ4v) is 3.95. The minimum Gasteiger partial charge on any atom is -0.496 e. The van der Waals surface area contributed by atoms with Gasteiger partial charge in [-0.3, -0.25) is 9.79 Å². The van der Waals surface area contributed by atoms with Gasteiger partial charge >= 0.3 is 0 Å². The van der Waals surface area contributed by atoms with Crippen LogP contribution in [0.4, 0.5) is 17.1 Å². The van der Waals surface area contributed by atoms with Gasteiger partial charge < -0.3 is 15.0 Å². The second kappa shape index (κ2) is 8.11. The molecule has 3 rings (SSSR count). The lowest BCUT2D eigenvalue weighted by Gasteiger charge is -2.43. The van der Waals surface area contributed by atoms with Crippen molar-refractivity contribution in [3.8, 4) is 5.75 Å². The van der Waals surface area contributed by atoms with E-state index in [9.17, 15) is 4.79 Å². The predicted molar refractivity (Wildman–Crippen MR) is 122 cm³/mol. The lowest BCUT2D eigenvalue weighted by molar-refractivity contribution is -0.114. The molecule has 0 unspecified atom stereocenters. The van der Waals surface area contributed by atoms with Gasteiger partial charge in [-0.1, -0.05) is 6.08 Å². The van der Waals surface area contributed by atoms with Crippen molar-refractivity contribution in [1.29, 1.82) is 0 Å². The SMILES string of the molecule is CCN1c2cc(OC)c(C=Nc3ccc(NC(C)=O)cc3)cc2C(C)=CC1(C)C. The fraction of sp³-hybridized carbons (Fsp3) is 0.333. The molecule has 0 bridgehead atoms. The van der Waals surface area contributed by atoms with Crippen molar-refractivity contribution in [3.63, 3.8) is 0 Å². The molecule has 0 aromatic heterocycles. The molecule has 0 radical (unpaired) electrons. The lowest BCUT2D eigenvalue weighted by atomic mass is 9.88. The maximum absolute atomic E-state index is 11.1. The Kier molecular flexibility index (Phi) is 5.78. The average Bonchev–Trinajstić information content (AvgIpc) is 2.66. The monoisotopic (exact) mass is 391 g/mol. The number of nitrogens with one attached hydrogen (secondary N) is 1. The Morgan fingerprint density at radius 3 is 2.52 bits per heavy atom. The first-order chi connectivity index (χ1) is 13.7. The van der Waals surface area contributed by atoms with E-state index in [1.807, 2.05) is 30.5 Å². The number of aliphatic imine (C=N–C) groups is 1. The maximum atomic E-state index is 11.1. The fourth-order valence-electron chi connectivity index (χ4n) is 3.95. The highest BCUT2D eigenvalue weighted by Crippen LogP contribution is 2.41. The highest BCUT2D eigenvalue weighted by Gasteiger charge is 2.31. The summed E-state index contributed by atoms with van der Waals surface area (Å²) in [6.45, 7) is 11.2. The Hall–Kier alpha value is -3.08. The van der Waals surface area contributed by atoms with E-state index in [2.05, 4.69) is 61.1 Å². The largest absolute Gasteiger partial charge is 0.496 e. The van der Waals surface area contributed by atoms with Crippen molar-refractivity contribution in [3.05, 3.63) is 53.6 Å². The molecule has 2 aromatic rings. The van der Waals surface area contributed by atoms with E-state index in [0.717, 1.165) is 29.2 Å². The molecule has 0 saturated carbocycles. The molecule has 0 spiro atoms. The van der Waals surface area contributed by atoms with Crippen LogP contribution in [0.1, 0.15) is 45.7 Å². The number of hydrogen-bond donors (Lipinski definition) is 1. The van der Waals surface area contributed by atoms with Crippen LogP contribution in [0.3, 0.4) is 0 Å². The zero-order chi connectivity index (χ0) is 21.2. The molecule has 1 aliphatic rings. The Morgan fingerprint density at radius 1 is 1.24 bits per heavy atom. The van der Waals surface area contributed by atoms with Crippen molar-refractivity contribution in [2.24, 2.45) is 4.99 Å². The number of methoxy groups -OCH3 is 1. The summed E-state index contributed by atoms with van der Waals surface area (Å²) in [5.41, 5.74) is 6.10. The zero-order valence-electron chi connectivity index (χ0n) is 18.0. The van der Waals surface area contributed by atoms with E-state index in [0.29, 0.717) is 0 Å². The third-order valence-corrected chi connectivity index (χ3v) is 5.19. The van der Waals surface area contributed by atoms with Crippen LogP contribution in [0.25, 0.3) is 5.57 Å². The molecule has 5 heteroatoms. The summed E-state index contributed by atoms with van der Waals surface area (Å²) in [5, 5.41) is 2.76. The highest BCUT2D eigenvalue weighted by molar-refractivity contribution is 5.92. The third kappa shape index (κ3) is 4.34. The summed E-state index contributed by atoms with van der Waals surface area (Å²) >= 11 is 0. The number of fused-ring (bicyclic) bond motifs is 1. The molecule has 0 aliphatic carbocycles. The first-order valence-corrected chi connectivity index (χ1v) is 9.86. The lowest BCUT2D eigenvalue weighted by Crippen LogP contribution is -2.44.